The molecule has 170 valence electrons. The van der Waals surface area contributed by atoms with Crippen LogP contribution >= 0.6 is 0 Å². The molecule has 1 atom stereocenters. The van der Waals surface area contributed by atoms with Crippen LogP contribution in [0.2, 0.25) is 0 Å². The predicted molar refractivity (Wildman–Crippen MR) is 129 cm³/mol. The van der Waals surface area contributed by atoms with Gasteiger partial charge in [-0.25, -0.2) is 4.68 Å². The van der Waals surface area contributed by atoms with Crippen LogP contribution in [0.1, 0.15) is 37.2 Å². The van der Waals surface area contributed by atoms with Gasteiger partial charge in [-0.15, -0.1) is 0 Å². The molecule has 1 heterocycles. The highest BCUT2D eigenvalue weighted by molar-refractivity contribution is 5.92. The van der Waals surface area contributed by atoms with Gasteiger partial charge in [0, 0.05) is 25.6 Å². The fourth-order valence-corrected chi connectivity index (χ4v) is 4.02. The third-order valence-corrected chi connectivity index (χ3v) is 5.84. The molecule has 0 fully saturated rings. The summed E-state index contributed by atoms with van der Waals surface area (Å²) >= 11 is 0. The van der Waals surface area contributed by atoms with Crippen LogP contribution in [0.25, 0.3) is 5.69 Å². The minimum Gasteiger partial charge on any atom is -0.395 e. The Kier molecular flexibility index (Phi) is 8.20. The molecule has 0 aliphatic carbocycles. The molecule has 0 bridgehead atoms. The number of para-hydroxylation sites is 1. The molecule has 0 saturated heterocycles. The zero-order valence-electron chi connectivity index (χ0n) is 19.5. The molecule has 1 aromatic heterocycles. The van der Waals surface area contributed by atoms with E-state index in [1.807, 2.05) is 67.1 Å². The fourth-order valence-electron chi connectivity index (χ4n) is 4.02. The molecule has 1 amide bonds. The van der Waals surface area contributed by atoms with Gasteiger partial charge in [0.15, 0.2) is 0 Å². The quantitative estimate of drug-likeness (QED) is 0.498. The molecule has 0 saturated carbocycles. The Bertz CT molecular complexity index is 999. The van der Waals surface area contributed by atoms with Crippen molar-refractivity contribution in [2.24, 2.45) is 5.92 Å². The second-order valence-corrected chi connectivity index (χ2v) is 8.54. The molecule has 6 heteroatoms. The fraction of sp³-hybridized carbons (Fsp3) is 0.385. The summed E-state index contributed by atoms with van der Waals surface area (Å²) in [7, 11) is 0. The maximum atomic E-state index is 12.9. The van der Waals surface area contributed by atoms with E-state index in [0.717, 1.165) is 22.8 Å². The van der Waals surface area contributed by atoms with E-state index in [-0.39, 0.29) is 24.5 Å². The molecule has 0 spiro atoms. The molecule has 2 aromatic carbocycles. The number of aromatic nitrogens is 2. The number of benzene rings is 2. The average Bonchev–Trinajstić information content (AvgIpc) is 3.07. The molecule has 3 aromatic rings. The summed E-state index contributed by atoms with van der Waals surface area (Å²) < 4.78 is 1.85. The van der Waals surface area contributed by atoms with Gasteiger partial charge in [-0.1, -0.05) is 62.4 Å². The van der Waals surface area contributed by atoms with Crippen molar-refractivity contribution < 1.29 is 9.90 Å². The van der Waals surface area contributed by atoms with Crippen LogP contribution in [0, 0.1) is 19.8 Å². The standard InChI is InChI=1S/C26H34N4O2/c1-19(2)24(18-31)29(17-22-11-7-5-8-12-22)16-15-25(32)27-26-20(3)28-30(21(26)4)23-13-9-6-10-14-23/h5-14,19,24,31H,15-18H2,1-4H3,(H,27,32). The summed E-state index contributed by atoms with van der Waals surface area (Å²) in [6.07, 6.45) is 0.339. The molecule has 1 unspecified atom stereocenters. The summed E-state index contributed by atoms with van der Waals surface area (Å²) in [6, 6.07) is 20.1. The topological polar surface area (TPSA) is 70.4 Å². The predicted octanol–water partition coefficient (Wildman–Crippen LogP) is 4.34. The second-order valence-electron chi connectivity index (χ2n) is 8.54. The molecule has 6 nitrogen and oxygen atoms in total. The van der Waals surface area contributed by atoms with E-state index in [0.29, 0.717) is 19.5 Å². The molecular formula is C26H34N4O2. The van der Waals surface area contributed by atoms with E-state index in [1.165, 1.54) is 5.56 Å². The zero-order chi connectivity index (χ0) is 23.1. The zero-order valence-corrected chi connectivity index (χ0v) is 19.5. The Labute approximate surface area is 190 Å². The molecule has 32 heavy (non-hydrogen) atoms. The summed E-state index contributed by atoms with van der Waals surface area (Å²) in [5.41, 5.74) is 4.58. The largest absolute Gasteiger partial charge is 0.395 e. The number of hydrogen-bond donors (Lipinski definition) is 2. The minimum atomic E-state index is -0.0534. The third kappa shape index (κ3) is 5.84. The number of hydrogen-bond acceptors (Lipinski definition) is 4. The maximum Gasteiger partial charge on any atom is 0.225 e. The van der Waals surface area contributed by atoms with Gasteiger partial charge in [-0.2, -0.15) is 5.10 Å². The van der Waals surface area contributed by atoms with E-state index in [9.17, 15) is 9.90 Å². The van der Waals surface area contributed by atoms with Crippen molar-refractivity contribution in [3.63, 3.8) is 0 Å². The van der Waals surface area contributed by atoms with Crippen LogP contribution in [0.4, 0.5) is 5.69 Å². The Hall–Kier alpha value is -2.96. The van der Waals surface area contributed by atoms with E-state index < -0.39 is 0 Å². The van der Waals surface area contributed by atoms with Crippen LogP contribution < -0.4 is 5.32 Å². The number of carbonyl (C=O) groups is 1. The van der Waals surface area contributed by atoms with Crippen LogP contribution in [0.15, 0.2) is 60.7 Å². The SMILES string of the molecule is Cc1nn(-c2ccccc2)c(C)c1NC(=O)CCN(Cc1ccccc1)C(CO)C(C)C. The van der Waals surface area contributed by atoms with Crippen LogP contribution in [-0.2, 0) is 11.3 Å². The Balaban J connectivity index is 1.69. The van der Waals surface area contributed by atoms with E-state index in [4.69, 9.17) is 0 Å². The number of amides is 1. The van der Waals surface area contributed by atoms with Crippen LogP contribution in [0.3, 0.4) is 0 Å². The molecule has 2 N–H and O–H groups in total. The highest BCUT2D eigenvalue weighted by atomic mass is 16.3. The smallest absolute Gasteiger partial charge is 0.225 e. The summed E-state index contributed by atoms with van der Waals surface area (Å²) in [5.74, 6) is 0.225. The lowest BCUT2D eigenvalue weighted by molar-refractivity contribution is -0.116. The van der Waals surface area contributed by atoms with Gasteiger partial charge in [0.05, 0.1) is 29.4 Å². The van der Waals surface area contributed by atoms with Gasteiger partial charge in [0.2, 0.25) is 5.91 Å². The molecule has 3 rings (SSSR count). The lowest BCUT2D eigenvalue weighted by atomic mass is 10.0. The van der Waals surface area contributed by atoms with Crippen molar-refractivity contribution in [2.45, 2.75) is 46.7 Å². The first-order valence-electron chi connectivity index (χ1n) is 11.2. The van der Waals surface area contributed by atoms with Gasteiger partial charge >= 0.3 is 0 Å². The average molecular weight is 435 g/mol. The monoisotopic (exact) mass is 434 g/mol. The number of anilines is 1. The van der Waals surface area contributed by atoms with Crippen molar-refractivity contribution in [3.8, 4) is 5.69 Å². The Morgan fingerprint density at radius 3 is 2.28 bits per heavy atom. The third-order valence-electron chi connectivity index (χ3n) is 5.84. The van der Waals surface area contributed by atoms with Crippen molar-refractivity contribution in [1.29, 1.82) is 0 Å². The highest BCUT2D eigenvalue weighted by Crippen LogP contribution is 2.23. The number of aryl methyl sites for hydroxylation is 1. The molecule has 0 aliphatic heterocycles. The van der Waals surface area contributed by atoms with Crippen LogP contribution in [0.5, 0.6) is 0 Å². The summed E-state index contributed by atoms with van der Waals surface area (Å²) in [6.45, 7) is 9.40. The normalized spacial score (nSPS) is 12.3. The van der Waals surface area contributed by atoms with Crippen molar-refractivity contribution in [2.75, 3.05) is 18.5 Å². The number of nitrogens with zero attached hydrogens (tertiary/aromatic N) is 3. The number of aliphatic hydroxyl groups excluding tert-OH is 1. The molecular weight excluding hydrogens is 400 g/mol. The van der Waals surface area contributed by atoms with Gasteiger partial charge < -0.3 is 10.4 Å². The molecule has 0 aliphatic rings. The Morgan fingerprint density at radius 2 is 1.69 bits per heavy atom. The van der Waals surface area contributed by atoms with Crippen molar-refractivity contribution >= 4 is 11.6 Å². The minimum absolute atomic E-state index is 0.00712. The maximum absolute atomic E-state index is 12.9. The molecule has 0 radical (unpaired) electrons. The van der Waals surface area contributed by atoms with Crippen molar-refractivity contribution in [1.82, 2.24) is 14.7 Å². The van der Waals surface area contributed by atoms with Crippen LogP contribution in [-0.4, -0.2) is 44.9 Å². The van der Waals surface area contributed by atoms with E-state index in [2.05, 4.69) is 41.3 Å². The van der Waals surface area contributed by atoms with Gasteiger partial charge in [-0.3, -0.25) is 9.69 Å². The first kappa shape index (κ1) is 23.7. The second kappa shape index (κ2) is 11.1. The van der Waals surface area contributed by atoms with E-state index >= 15 is 0 Å². The number of aliphatic hydroxyl groups is 1. The lowest BCUT2D eigenvalue weighted by Gasteiger charge is -2.33. The first-order valence-corrected chi connectivity index (χ1v) is 11.2. The lowest BCUT2D eigenvalue weighted by Crippen LogP contribution is -2.42. The van der Waals surface area contributed by atoms with Gasteiger partial charge in [0.1, 0.15) is 0 Å². The number of rotatable bonds is 10. The number of nitrogens with one attached hydrogen (secondary N) is 1. The van der Waals surface area contributed by atoms with Crippen molar-refractivity contribution in [3.05, 3.63) is 77.6 Å². The first-order chi connectivity index (χ1) is 15.4. The Morgan fingerprint density at radius 1 is 1.06 bits per heavy atom. The van der Waals surface area contributed by atoms with Gasteiger partial charge in [-0.05, 0) is 37.5 Å². The van der Waals surface area contributed by atoms with E-state index in [1.54, 1.807) is 0 Å². The summed E-state index contributed by atoms with van der Waals surface area (Å²) in [5, 5.41) is 17.6. The number of carbonyl (C=O) groups excluding carboxylic acids is 1. The van der Waals surface area contributed by atoms with Gasteiger partial charge in [0.25, 0.3) is 0 Å². The highest BCUT2D eigenvalue weighted by Gasteiger charge is 2.23. The summed E-state index contributed by atoms with van der Waals surface area (Å²) in [4.78, 5) is 15.1.